The predicted molar refractivity (Wildman–Crippen MR) is 131 cm³/mol. The highest BCUT2D eigenvalue weighted by molar-refractivity contribution is 7.12. The van der Waals surface area contributed by atoms with Crippen molar-refractivity contribution in [3.63, 3.8) is 0 Å². The normalized spacial score (nSPS) is 33.9. The highest BCUT2D eigenvalue weighted by atomic mass is 32.1. The first-order chi connectivity index (χ1) is 16.2. The number of rotatable bonds is 6. The molecule has 1 amide bonds. The quantitative estimate of drug-likeness (QED) is 0.554. The minimum Gasteiger partial charge on any atom is -0.370 e. The average molecular weight is 495 g/mol. The van der Waals surface area contributed by atoms with Gasteiger partial charge >= 0.3 is 0 Å². The zero-order valence-corrected chi connectivity index (χ0v) is 21.5. The number of carbonyl (C=O) groups is 1. The largest absolute Gasteiger partial charge is 0.370 e. The number of nitrogens with zero attached hydrogens (tertiary/aromatic N) is 1. The second kappa shape index (κ2) is 9.78. The van der Waals surface area contributed by atoms with Crippen molar-refractivity contribution in [2.75, 3.05) is 19.7 Å². The maximum absolute atomic E-state index is 13.3. The maximum Gasteiger partial charge on any atom is 0.248 e. The summed E-state index contributed by atoms with van der Waals surface area (Å²) in [6.45, 7) is 7.59. The molecule has 190 valence electrons. The van der Waals surface area contributed by atoms with E-state index in [0.717, 1.165) is 58.2 Å². The smallest absolute Gasteiger partial charge is 0.248 e. The van der Waals surface area contributed by atoms with Crippen LogP contribution in [-0.4, -0.2) is 48.5 Å². The van der Waals surface area contributed by atoms with Gasteiger partial charge in [-0.25, -0.2) is 8.78 Å². The van der Waals surface area contributed by atoms with E-state index in [0.29, 0.717) is 31.2 Å². The van der Waals surface area contributed by atoms with Crippen molar-refractivity contribution >= 4 is 17.2 Å². The average Bonchev–Trinajstić information content (AvgIpc) is 3.21. The number of hydrogen-bond acceptors (Lipinski definition) is 4. The zero-order valence-electron chi connectivity index (χ0n) is 20.7. The molecule has 1 aromatic heterocycles. The van der Waals surface area contributed by atoms with Gasteiger partial charge in [0, 0.05) is 60.6 Å². The van der Waals surface area contributed by atoms with Crippen molar-refractivity contribution in [1.29, 1.82) is 0 Å². The molecule has 1 saturated heterocycles. The molecule has 0 bridgehead atoms. The molecule has 1 spiro atoms. The third kappa shape index (κ3) is 5.22. The standard InChI is InChI=1S/C27H40F2N2O2S/c1-3-22-15-23-24(34-22)6-11-33-26(23)9-10-31(18(2)16-26)17-20-12-21(13-20)30-25(32)14-19-4-7-27(28,29)8-5-19/h15,18-21H,3-14,16-17H2,1-2H3,(H,30,32)/t18-,20?,21?,26+/m0/s1. The lowest BCUT2D eigenvalue weighted by Crippen LogP contribution is -2.54. The van der Waals surface area contributed by atoms with E-state index in [-0.39, 0.29) is 36.3 Å². The van der Waals surface area contributed by atoms with E-state index in [1.54, 1.807) is 4.88 Å². The number of fused-ring (bicyclic) bond motifs is 2. The Labute approximate surface area is 206 Å². The Hall–Kier alpha value is -1.05. The topological polar surface area (TPSA) is 41.6 Å². The molecule has 3 fully saturated rings. The van der Waals surface area contributed by atoms with E-state index >= 15 is 0 Å². The summed E-state index contributed by atoms with van der Waals surface area (Å²) in [6.07, 6.45) is 7.58. The number of carbonyl (C=O) groups excluding carboxylic acids is 1. The van der Waals surface area contributed by atoms with Gasteiger partial charge in [-0.05, 0) is 75.3 Å². The molecule has 1 N–H and O–H groups in total. The van der Waals surface area contributed by atoms with Crippen LogP contribution in [0.1, 0.15) is 87.0 Å². The summed E-state index contributed by atoms with van der Waals surface area (Å²) < 4.78 is 33.1. The van der Waals surface area contributed by atoms with E-state index < -0.39 is 5.92 Å². The van der Waals surface area contributed by atoms with Crippen LogP contribution in [0.25, 0.3) is 0 Å². The Bertz CT molecular complexity index is 874. The molecular weight excluding hydrogens is 454 g/mol. The van der Waals surface area contributed by atoms with Gasteiger partial charge in [-0.15, -0.1) is 11.3 Å². The van der Waals surface area contributed by atoms with Crippen LogP contribution in [0, 0.1) is 11.8 Å². The van der Waals surface area contributed by atoms with Gasteiger partial charge in [0.25, 0.3) is 0 Å². The van der Waals surface area contributed by atoms with Gasteiger partial charge in [0.15, 0.2) is 0 Å². The fourth-order valence-corrected chi connectivity index (χ4v) is 7.91. The number of piperidine rings is 1. The fourth-order valence-electron chi connectivity index (χ4n) is 6.73. The monoisotopic (exact) mass is 494 g/mol. The summed E-state index contributed by atoms with van der Waals surface area (Å²) in [5.41, 5.74) is 1.38. The lowest BCUT2D eigenvalue weighted by molar-refractivity contribution is -0.125. The van der Waals surface area contributed by atoms with Crippen LogP contribution in [0.5, 0.6) is 0 Å². The number of amides is 1. The van der Waals surface area contributed by atoms with E-state index in [1.807, 2.05) is 11.3 Å². The van der Waals surface area contributed by atoms with Crippen LogP contribution >= 0.6 is 11.3 Å². The Morgan fingerprint density at radius 1 is 1.24 bits per heavy atom. The molecule has 0 aromatic carbocycles. The molecule has 1 aromatic rings. The first kappa shape index (κ1) is 24.6. The Morgan fingerprint density at radius 2 is 2.00 bits per heavy atom. The summed E-state index contributed by atoms with van der Waals surface area (Å²) in [5, 5.41) is 3.16. The summed E-state index contributed by atoms with van der Waals surface area (Å²) in [6, 6.07) is 3.17. The molecule has 3 heterocycles. The minimum absolute atomic E-state index is 0.0550. The van der Waals surface area contributed by atoms with Gasteiger partial charge in [0.05, 0.1) is 12.2 Å². The maximum atomic E-state index is 13.3. The van der Waals surface area contributed by atoms with Gasteiger partial charge in [-0.2, -0.15) is 0 Å². The van der Waals surface area contributed by atoms with Crippen molar-refractivity contribution in [3.8, 4) is 0 Å². The highest BCUT2D eigenvalue weighted by Gasteiger charge is 2.45. The number of aryl methyl sites for hydroxylation is 1. The molecule has 2 saturated carbocycles. The van der Waals surface area contributed by atoms with Crippen molar-refractivity contribution in [2.24, 2.45) is 11.8 Å². The first-order valence-electron chi connectivity index (χ1n) is 13.4. The van der Waals surface area contributed by atoms with Crippen molar-refractivity contribution in [1.82, 2.24) is 10.2 Å². The van der Waals surface area contributed by atoms with Gasteiger partial charge in [0.2, 0.25) is 11.8 Å². The van der Waals surface area contributed by atoms with Gasteiger partial charge in [0.1, 0.15) is 0 Å². The first-order valence-corrected chi connectivity index (χ1v) is 14.2. The van der Waals surface area contributed by atoms with Crippen LogP contribution in [0.4, 0.5) is 8.78 Å². The van der Waals surface area contributed by atoms with Crippen LogP contribution in [0.15, 0.2) is 6.07 Å². The van der Waals surface area contributed by atoms with Gasteiger partial charge < -0.3 is 15.0 Å². The van der Waals surface area contributed by atoms with Crippen LogP contribution in [-0.2, 0) is 28.0 Å². The summed E-state index contributed by atoms with van der Waals surface area (Å²) >= 11 is 1.98. The molecule has 2 atom stereocenters. The summed E-state index contributed by atoms with van der Waals surface area (Å²) in [7, 11) is 0. The van der Waals surface area contributed by atoms with E-state index in [1.165, 1.54) is 10.4 Å². The van der Waals surface area contributed by atoms with Crippen LogP contribution < -0.4 is 5.32 Å². The Balaban J connectivity index is 1.06. The molecule has 2 aliphatic carbocycles. The number of hydrogen-bond donors (Lipinski definition) is 1. The molecule has 2 aliphatic heterocycles. The van der Waals surface area contributed by atoms with Crippen molar-refractivity contribution in [2.45, 2.75) is 108 Å². The third-order valence-electron chi connectivity index (χ3n) is 8.86. The second-order valence-electron chi connectivity index (χ2n) is 11.4. The van der Waals surface area contributed by atoms with Gasteiger partial charge in [-0.3, -0.25) is 4.79 Å². The number of thiophene rings is 1. The van der Waals surface area contributed by atoms with Crippen molar-refractivity contribution in [3.05, 3.63) is 21.4 Å². The number of likely N-dealkylation sites (tertiary alicyclic amines) is 1. The lowest BCUT2D eigenvalue weighted by Gasteiger charge is -2.49. The number of alkyl halides is 2. The SMILES string of the molecule is CCc1cc2c(s1)CCO[C@@]21CCN(CC2CC(NC(=O)CC3CCC(F)(F)CC3)C2)[C@@H](C)C1. The van der Waals surface area contributed by atoms with Crippen LogP contribution in [0.2, 0.25) is 0 Å². The summed E-state index contributed by atoms with van der Waals surface area (Å²) in [4.78, 5) is 18.0. The van der Waals surface area contributed by atoms with E-state index in [9.17, 15) is 13.6 Å². The third-order valence-corrected chi connectivity index (χ3v) is 10.2. The summed E-state index contributed by atoms with van der Waals surface area (Å²) in [5.74, 6) is -1.71. The van der Waals surface area contributed by atoms with Crippen molar-refractivity contribution < 1.29 is 18.3 Å². The van der Waals surface area contributed by atoms with Crippen LogP contribution in [0.3, 0.4) is 0 Å². The molecule has 0 unspecified atom stereocenters. The zero-order chi connectivity index (χ0) is 23.9. The lowest BCUT2D eigenvalue weighted by atomic mass is 9.76. The molecule has 0 radical (unpaired) electrons. The molecule has 5 rings (SSSR count). The van der Waals surface area contributed by atoms with E-state index in [4.69, 9.17) is 4.74 Å². The minimum atomic E-state index is -2.52. The number of halogens is 2. The molecule has 4 aliphatic rings. The second-order valence-corrected chi connectivity index (χ2v) is 12.6. The fraction of sp³-hybridized carbons (Fsp3) is 0.815. The Morgan fingerprint density at radius 3 is 2.71 bits per heavy atom. The Kier molecular flexibility index (Phi) is 7.08. The molecular formula is C27H40F2N2O2S. The van der Waals surface area contributed by atoms with E-state index in [2.05, 4.69) is 30.1 Å². The molecule has 4 nitrogen and oxygen atoms in total. The predicted octanol–water partition coefficient (Wildman–Crippen LogP) is 5.67. The molecule has 7 heteroatoms. The molecule has 34 heavy (non-hydrogen) atoms. The highest BCUT2D eigenvalue weighted by Crippen LogP contribution is 2.46. The van der Waals surface area contributed by atoms with Gasteiger partial charge in [-0.1, -0.05) is 6.92 Å². The number of nitrogens with one attached hydrogen (secondary N) is 1. The number of ether oxygens (including phenoxy) is 1.